The largest absolute Gasteiger partial charge is 0.463 e. The number of hydrogen-bond acceptors (Lipinski definition) is 3. The molecule has 1 aliphatic rings. The molecule has 0 radical (unpaired) electrons. The molecule has 0 aromatic heterocycles. The molecule has 0 aliphatic carbocycles. The predicted molar refractivity (Wildman–Crippen MR) is 65.4 cm³/mol. The van der Waals surface area contributed by atoms with Gasteiger partial charge >= 0.3 is 12.1 Å². The summed E-state index contributed by atoms with van der Waals surface area (Å²) in [6.07, 6.45) is -4.60. The summed E-state index contributed by atoms with van der Waals surface area (Å²) in [6, 6.07) is 0. The molecule has 0 aromatic carbocycles. The van der Waals surface area contributed by atoms with Gasteiger partial charge in [-0.05, 0) is 19.3 Å². The highest BCUT2D eigenvalue weighted by molar-refractivity contribution is 5.94. The van der Waals surface area contributed by atoms with E-state index < -0.39 is 35.2 Å². The van der Waals surface area contributed by atoms with Crippen LogP contribution in [0.2, 0.25) is 0 Å². The second-order valence-electron chi connectivity index (χ2n) is 5.09. The zero-order valence-electron chi connectivity index (χ0n) is 11.6. The minimum Gasteiger partial charge on any atom is -0.463 e. The number of esters is 1. The molecule has 0 saturated carbocycles. The molecular weight excluding hydrogens is 275 g/mol. The standard InChI is InChI=1S/C13H18F3NO3/c1-4-20-12(19)10-8(5-7(2)3)6-9(18)17-11(10)13(14,15)16/h7-8H,4-6H2,1-3H3,(H,17,18). The molecule has 114 valence electrons. The van der Waals surface area contributed by atoms with Gasteiger partial charge in [0.1, 0.15) is 5.70 Å². The van der Waals surface area contributed by atoms with Crippen LogP contribution in [0.5, 0.6) is 0 Å². The van der Waals surface area contributed by atoms with Crippen LogP contribution in [0.25, 0.3) is 0 Å². The molecule has 1 aliphatic heterocycles. The van der Waals surface area contributed by atoms with Crippen molar-refractivity contribution in [1.82, 2.24) is 5.32 Å². The lowest BCUT2D eigenvalue weighted by molar-refractivity contribution is -0.142. The van der Waals surface area contributed by atoms with Gasteiger partial charge in [0, 0.05) is 12.3 Å². The quantitative estimate of drug-likeness (QED) is 0.810. The van der Waals surface area contributed by atoms with Gasteiger partial charge in [-0.15, -0.1) is 0 Å². The maximum Gasteiger partial charge on any atom is 0.431 e. The zero-order chi connectivity index (χ0) is 15.5. The minimum absolute atomic E-state index is 0.0180. The molecule has 1 heterocycles. The maximum absolute atomic E-state index is 13.0. The molecule has 1 N–H and O–H groups in total. The monoisotopic (exact) mass is 293 g/mol. The predicted octanol–water partition coefficient (Wildman–Crippen LogP) is 2.55. The van der Waals surface area contributed by atoms with Gasteiger partial charge < -0.3 is 10.1 Å². The van der Waals surface area contributed by atoms with Crippen molar-refractivity contribution in [3.05, 3.63) is 11.3 Å². The number of ether oxygens (including phenoxy) is 1. The molecular formula is C13H18F3NO3. The van der Waals surface area contributed by atoms with E-state index >= 15 is 0 Å². The van der Waals surface area contributed by atoms with E-state index in [1.54, 1.807) is 5.32 Å². The Morgan fingerprint density at radius 1 is 1.45 bits per heavy atom. The summed E-state index contributed by atoms with van der Waals surface area (Å²) in [5.41, 5.74) is -1.74. The Morgan fingerprint density at radius 3 is 2.50 bits per heavy atom. The van der Waals surface area contributed by atoms with Crippen LogP contribution in [0.1, 0.15) is 33.6 Å². The average molecular weight is 293 g/mol. The fourth-order valence-corrected chi connectivity index (χ4v) is 2.26. The average Bonchev–Trinajstić information content (AvgIpc) is 2.26. The van der Waals surface area contributed by atoms with Crippen molar-refractivity contribution in [3.8, 4) is 0 Å². The highest BCUT2D eigenvalue weighted by atomic mass is 19.4. The summed E-state index contributed by atoms with van der Waals surface area (Å²) in [5.74, 6) is -2.44. The Hall–Kier alpha value is -1.53. The molecule has 4 nitrogen and oxygen atoms in total. The first-order valence-electron chi connectivity index (χ1n) is 6.45. The second-order valence-corrected chi connectivity index (χ2v) is 5.09. The highest BCUT2D eigenvalue weighted by Crippen LogP contribution is 2.36. The molecule has 1 atom stereocenters. The Morgan fingerprint density at radius 2 is 2.05 bits per heavy atom. The molecule has 0 spiro atoms. The van der Waals surface area contributed by atoms with Crippen LogP contribution in [0.15, 0.2) is 11.3 Å². The summed E-state index contributed by atoms with van der Waals surface area (Å²) in [4.78, 5) is 23.3. The van der Waals surface area contributed by atoms with E-state index in [1.165, 1.54) is 6.92 Å². The summed E-state index contributed by atoms with van der Waals surface area (Å²) in [7, 11) is 0. The lowest BCUT2D eigenvalue weighted by atomic mass is 9.83. The van der Waals surface area contributed by atoms with Gasteiger partial charge in [-0.1, -0.05) is 13.8 Å². The normalized spacial score (nSPS) is 20.1. The van der Waals surface area contributed by atoms with Gasteiger partial charge in [0.05, 0.1) is 12.2 Å². The number of nitrogens with one attached hydrogen (secondary N) is 1. The first kappa shape index (κ1) is 16.5. The zero-order valence-corrected chi connectivity index (χ0v) is 11.6. The van der Waals surface area contributed by atoms with E-state index in [0.29, 0.717) is 6.42 Å². The number of rotatable bonds is 4. The number of carbonyl (C=O) groups excluding carboxylic acids is 2. The van der Waals surface area contributed by atoms with Crippen LogP contribution in [-0.2, 0) is 14.3 Å². The topological polar surface area (TPSA) is 55.4 Å². The van der Waals surface area contributed by atoms with Crippen molar-refractivity contribution in [1.29, 1.82) is 0 Å². The summed E-state index contributed by atoms with van der Waals surface area (Å²) in [5, 5.41) is 1.76. The van der Waals surface area contributed by atoms with E-state index in [4.69, 9.17) is 4.74 Å². The minimum atomic E-state index is -4.78. The first-order chi connectivity index (χ1) is 9.16. The van der Waals surface area contributed by atoms with Crippen molar-refractivity contribution in [2.24, 2.45) is 11.8 Å². The number of halogens is 3. The Balaban J connectivity index is 3.27. The van der Waals surface area contributed by atoms with Crippen LogP contribution in [0, 0.1) is 11.8 Å². The molecule has 1 amide bonds. The van der Waals surface area contributed by atoms with Gasteiger partial charge in [0.15, 0.2) is 0 Å². The first-order valence-corrected chi connectivity index (χ1v) is 6.45. The fourth-order valence-electron chi connectivity index (χ4n) is 2.26. The van der Waals surface area contributed by atoms with E-state index in [-0.39, 0.29) is 18.9 Å². The van der Waals surface area contributed by atoms with Gasteiger partial charge in [0.2, 0.25) is 5.91 Å². The van der Waals surface area contributed by atoms with Crippen molar-refractivity contribution in [2.75, 3.05) is 6.61 Å². The summed E-state index contributed by atoms with van der Waals surface area (Å²) in [6.45, 7) is 5.14. The molecule has 7 heteroatoms. The van der Waals surface area contributed by atoms with E-state index in [1.807, 2.05) is 13.8 Å². The SMILES string of the molecule is CCOC(=O)C1=C(C(F)(F)F)NC(=O)CC1CC(C)C. The van der Waals surface area contributed by atoms with Crippen LogP contribution in [0.4, 0.5) is 13.2 Å². The van der Waals surface area contributed by atoms with E-state index in [2.05, 4.69) is 0 Å². The summed E-state index contributed by atoms with van der Waals surface area (Å²) < 4.78 is 43.7. The van der Waals surface area contributed by atoms with Crippen molar-refractivity contribution >= 4 is 11.9 Å². The van der Waals surface area contributed by atoms with Crippen LogP contribution in [0.3, 0.4) is 0 Å². The third kappa shape index (κ3) is 3.98. The Bertz CT molecular complexity index is 427. The smallest absolute Gasteiger partial charge is 0.431 e. The Labute approximate surface area is 115 Å². The van der Waals surface area contributed by atoms with Crippen molar-refractivity contribution < 1.29 is 27.5 Å². The molecule has 0 aromatic rings. The number of hydrogen-bond donors (Lipinski definition) is 1. The second kappa shape index (κ2) is 6.28. The number of carbonyl (C=O) groups is 2. The van der Waals surface area contributed by atoms with Crippen molar-refractivity contribution in [3.63, 3.8) is 0 Å². The lowest BCUT2D eigenvalue weighted by Crippen LogP contribution is -2.42. The van der Waals surface area contributed by atoms with E-state index in [0.717, 1.165) is 0 Å². The van der Waals surface area contributed by atoms with Crippen molar-refractivity contribution in [2.45, 2.75) is 39.8 Å². The molecule has 0 bridgehead atoms. The van der Waals surface area contributed by atoms with Crippen LogP contribution in [-0.4, -0.2) is 24.7 Å². The molecule has 0 fully saturated rings. The molecule has 20 heavy (non-hydrogen) atoms. The number of allylic oxidation sites excluding steroid dienone is 1. The van der Waals surface area contributed by atoms with Gasteiger partial charge in [-0.2, -0.15) is 13.2 Å². The van der Waals surface area contributed by atoms with Crippen LogP contribution >= 0.6 is 0 Å². The molecule has 1 rings (SSSR count). The summed E-state index contributed by atoms with van der Waals surface area (Å²) >= 11 is 0. The van der Waals surface area contributed by atoms with Gasteiger partial charge in [-0.3, -0.25) is 4.79 Å². The van der Waals surface area contributed by atoms with Crippen LogP contribution < -0.4 is 5.32 Å². The van der Waals surface area contributed by atoms with Gasteiger partial charge in [0.25, 0.3) is 0 Å². The van der Waals surface area contributed by atoms with Gasteiger partial charge in [-0.25, -0.2) is 4.79 Å². The van der Waals surface area contributed by atoms with E-state index in [9.17, 15) is 22.8 Å². The third-order valence-electron chi connectivity index (χ3n) is 2.91. The third-order valence-corrected chi connectivity index (χ3v) is 2.91. The molecule has 0 saturated heterocycles. The number of amides is 1. The molecule has 1 unspecified atom stereocenters. The number of alkyl halides is 3. The Kier molecular flexibility index (Phi) is 5.19. The lowest BCUT2D eigenvalue weighted by Gasteiger charge is -2.29. The fraction of sp³-hybridized carbons (Fsp3) is 0.692. The highest BCUT2D eigenvalue weighted by Gasteiger charge is 2.45. The maximum atomic E-state index is 13.0.